The second-order valence-electron chi connectivity index (χ2n) is 6.94. The van der Waals surface area contributed by atoms with Gasteiger partial charge in [0.25, 0.3) is 0 Å². The van der Waals surface area contributed by atoms with Crippen molar-refractivity contribution >= 4 is 34.6 Å². The highest BCUT2D eigenvalue weighted by Gasteiger charge is 2.12. The maximum absolute atomic E-state index is 12.1. The molecular formula is C23H21ClO4. The average molecular weight is 397 g/mol. The molecule has 1 aromatic heterocycles. The lowest BCUT2D eigenvalue weighted by molar-refractivity contribution is -0.138. The first-order valence-electron chi connectivity index (χ1n) is 9.01. The van der Waals surface area contributed by atoms with E-state index < -0.39 is 11.6 Å². The Labute approximate surface area is 168 Å². The standard InChI is InChI=1S/C23H21ClO4/c1-14(2)19-12-20-17(11-23(26)28-21(20)10-15(19)3)13-27-22(25)9-6-16-4-7-18(24)8-5-16/h4-12,14H,13H2,1-3H3. The van der Waals surface area contributed by atoms with E-state index in [1.807, 2.05) is 19.1 Å². The maximum atomic E-state index is 12.1. The Bertz CT molecular complexity index is 1090. The van der Waals surface area contributed by atoms with Crippen LogP contribution in [-0.4, -0.2) is 5.97 Å². The summed E-state index contributed by atoms with van der Waals surface area (Å²) in [4.78, 5) is 24.0. The quantitative estimate of drug-likeness (QED) is 0.318. The number of carbonyl (C=O) groups excluding carboxylic acids is 1. The van der Waals surface area contributed by atoms with Crippen LogP contribution in [0.1, 0.15) is 42.0 Å². The van der Waals surface area contributed by atoms with E-state index in [9.17, 15) is 9.59 Å². The van der Waals surface area contributed by atoms with E-state index in [1.165, 1.54) is 12.1 Å². The van der Waals surface area contributed by atoms with E-state index in [0.717, 1.165) is 22.1 Å². The maximum Gasteiger partial charge on any atom is 0.336 e. The van der Waals surface area contributed by atoms with Crippen molar-refractivity contribution in [3.05, 3.63) is 86.2 Å². The Balaban J connectivity index is 1.81. The molecule has 0 radical (unpaired) electrons. The minimum absolute atomic E-state index is 0.00745. The van der Waals surface area contributed by atoms with E-state index in [-0.39, 0.29) is 6.61 Å². The predicted molar refractivity (Wildman–Crippen MR) is 112 cm³/mol. The van der Waals surface area contributed by atoms with Crippen molar-refractivity contribution in [2.24, 2.45) is 0 Å². The number of esters is 1. The van der Waals surface area contributed by atoms with E-state index in [2.05, 4.69) is 13.8 Å². The third kappa shape index (κ3) is 4.70. The fourth-order valence-corrected chi connectivity index (χ4v) is 3.19. The molecule has 2 aromatic carbocycles. The Morgan fingerprint density at radius 3 is 2.57 bits per heavy atom. The van der Waals surface area contributed by atoms with Gasteiger partial charge in [-0.15, -0.1) is 0 Å². The van der Waals surface area contributed by atoms with Gasteiger partial charge in [-0.05, 0) is 59.9 Å². The molecule has 0 amide bonds. The molecule has 0 spiro atoms. The lowest BCUT2D eigenvalue weighted by atomic mass is 9.95. The van der Waals surface area contributed by atoms with Gasteiger partial charge in [-0.25, -0.2) is 9.59 Å². The Morgan fingerprint density at radius 1 is 1.18 bits per heavy atom. The van der Waals surface area contributed by atoms with Crippen LogP contribution in [-0.2, 0) is 16.1 Å². The summed E-state index contributed by atoms with van der Waals surface area (Å²) >= 11 is 5.84. The van der Waals surface area contributed by atoms with Crippen molar-refractivity contribution in [2.45, 2.75) is 33.3 Å². The van der Waals surface area contributed by atoms with Gasteiger partial charge in [0.2, 0.25) is 0 Å². The number of carbonyl (C=O) groups is 1. The molecule has 1 heterocycles. The third-order valence-corrected chi connectivity index (χ3v) is 4.74. The molecule has 144 valence electrons. The zero-order valence-corrected chi connectivity index (χ0v) is 16.7. The molecule has 0 unspecified atom stereocenters. The van der Waals surface area contributed by atoms with Gasteiger partial charge in [0.15, 0.2) is 0 Å². The molecule has 0 bridgehead atoms. The second-order valence-corrected chi connectivity index (χ2v) is 7.38. The number of aryl methyl sites for hydroxylation is 1. The molecule has 0 saturated heterocycles. The smallest absolute Gasteiger partial charge is 0.336 e. The molecule has 0 aliphatic rings. The molecule has 0 aliphatic heterocycles. The van der Waals surface area contributed by atoms with Crippen LogP contribution in [0.2, 0.25) is 5.02 Å². The van der Waals surface area contributed by atoms with Crippen molar-refractivity contribution in [3.63, 3.8) is 0 Å². The van der Waals surface area contributed by atoms with Gasteiger partial charge in [0.1, 0.15) is 12.2 Å². The molecule has 3 rings (SSSR count). The van der Waals surface area contributed by atoms with Crippen molar-refractivity contribution in [1.29, 1.82) is 0 Å². The van der Waals surface area contributed by atoms with Crippen LogP contribution >= 0.6 is 11.6 Å². The van der Waals surface area contributed by atoms with Gasteiger partial charge >= 0.3 is 11.6 Å². The fourth-order valence-electron chi connectivity index (χ4n) is 3.07. The Morgan fingerprint density at radius 2 is 1.89 bits per heavy atom. The lowest BCUT2D eigenvalue weighted by Gasteiger charge is -2.13. The average Bonchev–Trinajstić information content (AvgIpc) is 2.64. The largest absolute Gasteiger partial charge is 0.458 e. The molecule has 0 saturated carbocycles. The molecule has 4 nitrogen and oxygen atoms in total. The highest BCUT2D eigenvalue weighted by atomic mass is 35.5. The molecular weight excluding hydrogens is 376 g/mol. The summed E-state index contributed by atoms with van der Waals surface area (Å²) in [5.74, 6) is -0.165. The SMILES string of the molecule is Cc1cc2oc(=O)cc(COC(=O)C=Cc3ccc(Cl)cc3)c2cc1C(C)C. The number of benzene rings is 2. The van der Waals surface area contributed by atoms with Crippen LogP contribution in [0.4, 0.5) is 0 Å². The first-order chi connectivity index (χ1) is 13.3. The number of fused-ring (bicyclic) bond motifs is 1. The van der Waals surface area contributed by atoms with E-state index in [1.54, 1.807) is 30.3 Å². The molecule has 0 N–H and O–H groups in total. The van der Waals surface area contributed by atoms with Crippen molar-refractivity contribution in [2.75, 3.05) is 0 Å². The minimum Gasteiger partial charge on any atom is -0.458 e. The first kappa shape index (κ1) is 19.9. The first-order valence-corrected chi connectivity index (χ1v) is 9.39. The number of hydrogen-bond donors (Lipinski definition) is 0. The van der Waals surface area contributed by atoms with Gasteiger partial charge in [-0.3, -0.25) is 0 Å². The summed E-state index contributed by atoms with van der Waals surface area (Å²) in [6, 6.07) is 12.3. The normalized spacial score (nSPS) is 11.5. The Hall–Kier alpha value is -2.85. The van der Waals surface area contributed by atoms with Gasteiger partial charge in [-0.2, -0.15) is 0 Å². The highest BCUT2D eigenvalue weighted by molar-refractivity contribution is 6.30. The second kappa shape index (κ2) is 8.44. The van der Waals surface area contributed by atoms with Gasteiger partial charge < -0.3 is 9.15 Å². The number of hydrogen-bond acceptors (Lipinski definition) is 4. The van der Waals surface area contributed by atoms with Gasteiger partial charge in [0.05, 0.1) is 0 Å². The summed E-state index contributed by atoms with van der Waals surface area (Å²) in [5.41, 5.74) is 3.72. The molecule has 5 heteroatoms. The van der Waals surface area contributed by atoms with Crippen LogP contribution < -0.4 is 5.63 Å². The molecule has 28 heavy (non-hydrogen) atoms. The summed E-state index contributed by atoms with van der Waals surface area (Å²) in [5, 5.41) is 1.41. The zero-order chi connectivity index (χ0) is 20.3. The van der Waals surface area contributed by atoms with Crippen LogP contribution in [0.5, 0.6) is 0 Å². The number of ether oxygens (including phenoxy) is 1. The molecule has 3 aromatic rings. The molecule has 0 atom stereocenters. The van der Waals surface area contributed by atoms with E-state index in [4.69, 9.17) is 20.8 Å². The fraction of sp³-hybridized carbons (Fsp3) is 0.217. The summed E-state index contributed by atoms with van der Waals surface area (Å²) < 4.78 is 10.7. The topological polar surface area (TPSA) is 56.5 Å². The third-order valence-electron chi connectivity index (χ3n) is 4.49. The van der Waals surface area contributed by atoms with E-state index >= 15 is 0 Å². The van der Waals surface area contributed by atoms with E-state index in [0.29, 0.717) is 22.1 Å². The summed E-state index contributed by atoms with van der Waals surface area (Å²) in [6.45, 7) is 6.19. The van der Waals surface area contributed by atoms with Crippen molar-refractivity contribution < 1.29 is 13.9 Å². The van der Waals surface area contributed by atoms with Crippen LogP contribution in [0.15, 0.2) is 57.8 Å². The van der Waals surface area contributed by atoms with Crippen LogP contribution in [0.25, 0.3) is 17.0 Å². The van der Waals surface area contributed by atoms with Crippen molar-refractivity contribution in [1.82, 2.24) is 0 Å². The molecule has 0 fully saturated rings. The lowest BCUT2D eigenvalue weighted by Crippen LogP contribution is -2.06. The van der Waals surface area contributed by atoms with Gasteiger partial charge in [0, 0.05) is 28.1 Å². The van der Waals surface area contributed by atoms with Crippen LogP contribution in [0.3, 0.4) is 0 Å². The minimum atomic E-state index is -0.493. The molecule has 0 aliphatic carbocycles. The predicted octanol–water partition coefficient (Wildman–Crippen LogP) is 5.63. The zero-order valence-electron chi connectivity index (χ0n) is 16.0. The summed E-state index contributed by atoms with van der Waals surface area (Å²) in [6.07, 6.45) is 3.00. The van der Waals surface area contributed by atoms with Crippen LogP contribution in [0, 0.1) is 6.92 Å². The van der Waals surface area contributed by atoms with Crippen molar-refractivity contribution in [3.8, 4) is 0 Å². The van der Waals surface area contributed by atoms with Gasteiger partial charge in [-0.1, -0.05) is 37.6 Å². The number of rotatable bonds is 5. The monoisotopic (exact) mass is 396 g/mol. The Kier molecular flexibility index (Phi) is 6.00. The highest BCUT2D eigenvalue weighted by Crippen LogP contribution is 2.27. The number of halogens is 1. The summed E-state index contributed by atoms with van der Waals surface area (Å²) in [7, 11) is 0.